The average molecular weight is 372 g/mol. The normalized spacial score (nSPS) is 15.6. The van der Waals surface area contributed by atoms with E-state index in [-0.39, 0.29) is 25.1 Å². The van der Waals surface area contributed by atoms with E-state index in [9.17, 15) is 4.79 Å². The van der Waals surface area contributed by atoms with Gasteiger partial charge in [0.25, 0.3) is 0 Å². The number of hydrogen-bond acceptors (Lipinski definition) is 8. The molecular weight excluding hydrogens is 356 g/mol. The van der Waals surface area contributed by atoms with Crippen LogP contribution in [0.2, 0.25) is 0 Å². The van der Waals surface area contributed by atoms with Crippen LogP contribution in [0.25, 0.3) is 11.5 Å². The Bertz CT molecular complexity index is 877. The third-order valence-corrected chi connectivity index (χ3v) is 4.46. The smallest absolute Gasteiger partial charge is 0.306 e. The molecule has 0 bridgehead atoms. The quantitative estimate of drug-likeness (QED) is 0.615. The summed E-state index contributed by atoms with van der Waals surface area (Å²) in [6.07, 6.45) is 0.179. The van der Waals surface area contributed by atoms with E-state index in [4.69, 9.17) is 18.6 Å². The highest BCUT2D eigenvalue weighted by atomic mass is 32.1. The predicted octanol–water partition coefficient (Wildman–Crippen LogP) is 3.11. The Morgan fingerprint density at radius 1 is 1.23 bits per heavy atom. The van der Waals surface area contributed by atoms with E-state index in [1.807, 2.05) is 41.1 Å². The average Bonchev–Trinajstić information content (AvgIpc) is 3.36. The van der Waals surface area contributed by atoms with Crippen molar-refractivity contribution in [2.75, 3.05) is 13.2 Å². The molecular formula is C18H16N2O5S. The zero-order valence-corrected chi connectivity index (χ0v) is 14.6. The van der Waals surface area contributed by atoms with Crippen molar-refractivity contribution in [2.45, 2.75) is 18.9 Å². The molecule has 0 N–H and O–H groups in total. The fourth-order valence-electron chi connectivity index (χ4n) is 2.47. The van der Waals surface area contributed by atoms with Crippen LogP contribution in [0.1, 0.15) is 12.3 Å². The topological polar surface area (TPSA) is 83.7 Å². The van der Waals surface area contributed by atoms with Gasteiger partial charge in [0.15, 0.2) is 17.6 Å². The van der Waals surface area contributed by atoms with Crippen molar-refractivity contribution in [1.82, 2.24) is 10.2 Å². The van der Waals surface area contributed by atoms with E-state index in [0.29, 0.717) is 36.3 Å². The zero-order chi connectivity index (χ0) is 17.8. The fraction of sp³-hybridized carbons (Fsp3) is 0.278. The van der Waals surface area contributed by atoms with Gasteiger partial charge in [0.05, 0.1) is 6.42 Å². The van der Waals surface area contributed by atoms with Crippen LogP contribution in [-0.2, 0) is 16.0 Å². The number of thiophene rings is 1. The van der Waals surface area contributed by atoms with E-state index in [0.717, 1.165) is 5.56 Å². The Hall–Kier alpha value is -2.87. The minimum Gasteiger partial charge on any atom is -0.486 e. The van der Waals surface area contributed by atoms with E-state index in [1.54, 1.807) is 11.3 Å². The number of carbonyl (C=O) groups excluding carboxylic acids is 1. The summed E-state index contributed by atoms with van der Waals surface area (Å²) < 4.78 is 22.1. The van der Waals surface area contributed by atoms with E-state index in [2.05, 4.69) is 10.2 Å². The number of fused-ring (bicyclic) bond motifs is 1. The Morgan fingerprint density at radius 3 is 2.96 bits per heavy atom. The first-order valence-electron chi connectivity index (χ1n) is 8.17. The molecule has 0 spiro atoms. The molecule has 1 atom stereocenters. The van der Waals surface area contributed by atoms with Gasteiger partial charge in [-0.15, -0.1) is 10.2 Å². The highest BCUT2D eigenvalue weighted by Crippen LogP contribution is 2.30. The molecule has 2 aromatic heterocycles. The molecule has 3 heterocycles. The van der Waals surface area contributed by atoms with Gasteiger partial charge in [-0.25, -0.2) is 0 Å². The molecule has 0 amide bonds. The molecule has 1 aliphatic heterocycles. The summed E-state index contributed by atoms with van der Waals surface area (Å²) in [7, 11) is 0. The van der Waals surface area contributed by atoms with Crippen LogP contribution in [0.5, 0.6) is 11.5 Å². The molecule has 0 saturated carbocycles. The maximum atomic E-state index is 11.9. The van der Waals surface area contributed by atoms with Gasteiger partial charge in [0.2, 0.25) is 11.8 Å². The lowest BCUT2D eigenvalue weighted by Gasteiger charge is -2.25. The van der Waals surface area contributed by atoms with Crippen LogP contribution >= 0.6 is 11.3 Å². The summed E-state index contributed by atoms with van der Waals surface area (Å²) in [5.74, 6) is 1.89. The van der Waals surface area contributed by atoms with Crippen molar-refractivity contribution in [1.29, 1.82) is 0 Å². The number of benzene rings is 1. The first kappa shape index (κ1) is 16.6. The molecule has 0 radical (unpaired) electrons. The Kier molecular flexibility index (Phi) is 4.83. The molecule has 0 saturated heterocycles. The molecule has 1 unspecified atom stereocenters. The van der Waals surface area contributed by atoms with Crippen molar-refractivity contribution < 1.29 is 23.4 Å². The van der Waals surface area contributed by atoms with Gasteiger partial charge in [0.1, 0.15) is 13.2 Å². The van der Waals surface area contributed by atoms with Crippen molar-refractivity contribution in [3.05, 3.63) is 47.0 Å². The Balaban J connectivity index is 1.23. The second-order valence-electron chi connectivity index (χ2n) is 5.69. The number of esters is 1. The lowest BCUT2D eigenvalue weighted by atomic mass is 10.2. The van der Waals surface area contributed by atoms with Gasteiger partial charge < -0.3 is 18.6 Å². The van der Waals surface area contributed by atoms with Crippen LogP contribution in [0, 0.1) is 0 Å². The molecule has 4 rings (SSSR count). The standard InChI is InChI=1S/C18H16N2O5S/c21-17(6-5-16-19-20-18(25-16)12-7-8-26-11-12)23-10-13-9-22-14-3-1-2-4-15(14)24-13/h1-4,7-8,11,13H,5-6,9-10H2. The van der Waals surface area contributed by atoms with Crippen LogP contribution in [0.3, 0.4) is 0 Å². The summed E-state index contributed by atoms with van der Waals surface area (Å²) in [6, 6.07) is 9.31. The summed E-state index contributed by atoms with van der Waals surface area (Å²) in [5.41, 5.74) is 0.881. The van der Waals surface area contributed by atoms with Crippen LogP contribution in [-0.4, -0.2) is 35.5 Å². The maximum absolute atomic E-state index is 11.9. The molecule has 3 aromatic rings. The Morgan fingerprint density at radius 2 is 2.12 bits per heavy atom. The number of hydrogen-bond donors (Lipinski definition) is 0. The van der Waals surface area contributed by atoms with Gasteiger partial charge in [0, 0.05) is 17.4 Å². The lowest BCUT2D eigenvalue weighted by Crippen LogP contribution is -2.34. The molecule has 1 aromatic carbocycles. The van der Waals surface area contributed by atoms with Crippen molar-refractivity contribution in [2.24, 2.45) is 0 Å². The zero-order valence-electron chi connectivity index (χ0n) is 13.8. The summed E-state index contributed by atoms with van der Waals surface area (Å²) in [6.45, 7) is 0.481. The number of ether oxygens (including phenoxy) is 3. The van der Waals surface area contributed by atoms with Crippen LogP contribution < -0.4 is 9.47 Å². The SMILES string of the molecule is O=C(CCc1nnc(-c2ccsc2)o1)OCC1COc2ccccc2O1. The monoisotopic (exact) mass is 372 g/mol. The van der Waals surface area contributed by atoms with Gasteiger partial charge >= 0.3 is 5.97 Å². The first-order valence-corrected chi connectivity index (χ1v) is 9.11. The molecule has 7 nitrogen and oxygen atoms in total. The number of carbonyl (C=O) groups is 1. The second-order valence-corrected chi connectivity index (χ2v) is 6.47. The van der Waals surface area contributed by atoms with Gasteiger partial charge in [-0.1, -0.05) is 12.1 Å². The summed E-state index contributed by atoms with van der Waals surface area (Å²) in [5, 5.41) is 11.8. The largest absolute Gasteiger partial charge is 0.486 e. The number of para-hydroxylation sites is 2. The number of aromatic nitrogens is 2. The van der Waals surface area contributed by atoms with Gasteiger partial charge in [-0.2, -0.15) is 11.3 Å². The molecule has 134 valence electrons. The van der Waals surface area contributed by atoms with Gasteiger partial charge in [-0.05, 0) is 23.6 Å². The van der Waals surface area contributed by atoms with Crippen molar-refractivity contribution in [3.63, 3.8) is 0 Å². The molecule has 0 aliphatic carbocycles. The molecule has 8 heteroatoms. The van der Waals surface area contributed by atoms with Crippen molar-refractivity contribution >= 4 is 17.3 Å². The highest BCUT2D eigenvalue weighted by Gasteiger charge is 2.22. The maximum Gasteiger partial charge on any atom is 0.306 e. The van der Waals surface area contributed by atoms with Crippen LogP contribution in [0.15, 0.2) is 45.5 Å². The Labute approximate surface area is 153 Å². The third kappa shape index (κ3) is 3.85. The minimum atomic E-state index is -0.345. The second kappa shape index (κ2) is 7.57. The molecule has 1 aliphatic rings. The summed E-state index contributed by atoms with van der Waals surface area (Å²) >= 11 is 1.55. The summed E-state index contributed by atoms with van der Waals surface area (Å²) in [4.78, 5) is 11.9. The molecule has 0 fully saturated rings. The predicted molar refractivity (Wildman–Crippen MR) is 93.2 cm³/mol. The van der Waals surface area contributed by atoms with E-state index < -0.39 is 0 Å². The van der Waals surface area contributed by atoms with Gasteiger partial charge in [-0.3, -0.25) is 4.79 Å². The number of nitrogens with zero attached hydrogens (tertiary/aromatic N) is 2. The first-order chi connectivity index (χ1) is 12.8. The van der Waals surface area contributed by atoms with Crippen LogP contribution in [0.4, 0.5) is 0 Å². The molecule has 26 heavy (non-hydrogen) atoms. The third-order valence-electron chi connectivity index (χ3n) is 3.78. The minimum absolute atomic E-state index is 0.136. The number of aryl methyl sites for hydroxylation is 1. The highest BCUT2D eigenvalue weighted by molar-refractivity contribution is 7.08. The lowest BCUT2D eigenvalue weighted by molar-refractivity contribution is -0.147. The van der Waals surface area contributed by atoms with E-state index in [1.165, 1.54) is 0 Å². The number of rotatable bonds is 6. The fourth-order valence-corrected chi connectivity index (χ4v) is 3.10. The van der Waals surface area contributed by atoms with Crippen molar-refractivity contribution in [3.8, 4) is 23.0 Å². The van der Waals surface area contributed by atoms with E-state index >= 15 is 0 Å².